The maximum absolute atomic E-state index is 12.6. The fourth-order valence-corrected chi connectivity index (χ4v) is 4.32. The topological polar surface area (TPSA) is 70.6 Å². The highest BCUT2D eigenvalue weighted by Gasteiger charge is 2.32. The fraction of sp³-hybridized carbons (Fsp3) is 0.600. The molecule has 1 amide bonds. The Balaban J connectivity index is 1.63. The van der Waals surface area contributed by atoms with Gasteiger partial charge in [0.05, 0.1) is 17.4 Å². The summed E-state index contributed by atoms with van der Waals surface area (Å²) in [5, 5.41) is 0. The molecule has 22 heavy (non-hydrogen) atoms. The van der Waals surface area contributed by atoms with E-state index in [9.17, 15) is 13.2 Å². The van der Waals surface area contributed by atoms with Crippen molar-refractivity contribution >= 4 is 21.6 Å². The first-order valence-corrected chi connectivity index (χ1v) is 9.52. The zero-order chi connectivity index (χ0) is 15.6. The van der Waals surface area contributed by atoms with Gasteiger partial charge < -0.3 is 9.80 Å². The summed E-state index contributed by atoms with van der Waals surface area (Å²) in [6.07, 6.45) is 3.58. The van der Waals surface area contributed by atoms with Crippen LogP contribution in [-0.4, -0.2) is 61.9 Å². The molecule has 0 saturated carbocycles. The van der Waals surface area contributed by atoms with Crippen LogP contribution in [0.15, 0.2) is 24.4 Å². The summed E-state index contributed by atoms with van der Waals surface area (Å²) < 4.78 is 23.0. The lowest BCUT2D eigenvalue weighted by molar-refractivity contribution is -0.135. The van der Waals surface area contributed by atoms with E-state index in [1.54, 1.807) is 11.1 Å². The van der Waals surface area contributed by atoms with Crippen molar-refractivity contribution in [1.82, 2.24) is 9.88 Å². The summed E-state index contributed by atoms with van der Waals surface area (Å²) in [6.45, 7) is 2.25. The normalized spacial score (nSPS) is 25.0. The maximum Gasteiger partial charge on any atom is 0.227 e. The molecule has 2 fully saturated rings. The smallest absolute Gasteiger partial charge is 0.227 e. The van der Waals surface area contributed by atoms with E-state index in [-0.39, 0.29) is 23.3 Å². The van der Waals surface area contributed by atoms with E-state index in [0.717, 1.165) is 25.2 Å². The molecule has 0 N–H and O–H groups in total. The molecule has 0 aromatic carbocycles. The van der Waals surface area contributed by atoms with Gasteiger partial charge in [-0.15, -0.1) is 0 Å². The van der Waals surface area contributed by atoms with Crippen LogP contribution in [0.3, 0.4) is 0 Å². The van der Waals surface area contributed by atoms with Gasteiger partial charge in [0.25, 0.3) is 0 Å². The summed E-state index contributed by atoms with van der Waals surface area (Å²) in [6, 6.07) is 5.79. The molecule has 0 aliphatic carbocycles. The van der Waals surface area contributed by atoms with Gasteiger partial charge in [0.15, 0.2) is 9.84 Å². The van der Waals surface area contributed by atoms with Crippen LogP contribution in [0.1, 0.15) is 12.8 Å². The zero-order valence-electron chi connectivity index (χ0n) is 12.5. The van der Waals surface area contributed by atoms with Gasteiger partial charge in [-0.3, -0.25) is 4.79 Å². The summed E-state index contributed by atoms with van der Waals surface area (Å²) in [5.74, 6) is 1.12. The molecule has 0 bridgehead atoms. The monoisotopic (exact) mass is 323 g/mol. The lowest BCUT2D eigenvalue weighted by Gasteiger charge is -2.36. The van der Waals surface area contributed by atoms with Crippen LogP contribution < -0.4 is 4.90 Å². The van der Waals surface area contributed by atoms with Gasteiger partial charge in [-0.25, -0.2) is 13.4 Å². The number of nitrogens with zero attached hydrogens (tertiary/aromatic N) is 3. The Morgan fingerprint density at radius 1 is 1.18 bits per heavy atom. The zero-order valence-corrected chi connectivity index (χ0v) is 13.3. The molecular weight excluding hydrogens is 302 g/mol. The Bertz CT molecular complexity index is 619. The second-order valence-electron chi connectivity index (χ2n) is 5.95. The first-order chi connectivity index (χ1) is 10.6. The molecule has 6 nitrogen and oxygen atoms in total. The summed E-state index contributed by atoms with van der Waals surface area (Å²) in [4.78, 5) is 20.8. The molecule has 1 aromatic heterocycles. The van der Waals surface area contributed by atoms with Crippen molar-refractivity contribution in [1.29, 1.82) is 0 Å². The SMILES string of the molecule is O=C([C@H]1CCCN(c2ccccn2)C1)N1CCS(=O)(=O)CC1. The van der Waals surface area contributed by atoms with Crippen molar-refractivity contribution in [2.75, 3.05) is 42.6 Å². The highest BCUT2D eigenvalue weighted by atomic mass is 32.2. The molecule has 2 saturated heterocycles. The number of sulfone groups is 1. The van der Waals surface area contributed by atoms with Crippen LogP contribution in [-0.2, 0) is 14.6 Å². The van der Waals surface area contributed by atoms with Crippen molar-refractivity contribution in [3.05, 3.63) is 24.4 Å². The quantitative estimate of drug-likeness (QED) is 0.795. The largest absolute Gasteiger partial charge is 0.356 e. The van der Waals surface area contributed by atoms with E-state index < -0.39 is 9.84 Å². The number of hydrogen-bond acceptors (Lipinski definition) is 5. The molecule has 0 spiro atoms. The van der Waals surface area contributed by atoms with Crippen LogP contribution in [0.5, 0.6) is 0 Å². The number of hydrogen-bond donors (Lipinski definition) is 0. The molecule has 0 radical (unpaired) electrons. The lowest BCUT2D eigenvalue weighted by Crippen LogP contribution is -2.49. The van der Waals surface area contributed by atoms with Crippen LogP contribution >= 0.6 is 0 Å². The van der Waals surface area contributed by atoms with E-state index >= 15 is 0 Å². The van der Waals surface area contributed by atoms with Gasteiger partial charge in [0.2, 0.25) is 5.91 Å². The number of carbonyl (C=O) groups excluding carboxylic acids is 1. The van der Waals surface area contributed by atoms with E-state index in [2.05, 4.69) is 9.88 Å². The number of carbonyl (C=O) groups is 1. The Morgan fingerprint density at radius 2 is 1.95 bits per heavy atom. The third-order valence-corrected chi connectivity index (χ3v) is 6.01. The fourth-order valence-electron chi connectivity index (χ4n) is 3.12. The first kappa shape index (κ1) is 15.3. The van der Waals surface area contributed by atoms with Gasteiger partial charge in [0, 0.05) is 32.4 Å². The Hall–Kier alpha value is -1.63. The second-order valence-corrected chi connectivity index (χ2v) is 8.25. The molecular formula is C15H21N3O3S. The predicted octanol–water partition coefficient (Wildman–Crippen LogP) is 0.555. The van der Waals surface area contributed by atoms with Crippen molar-refractivity contribution in [2.45, 2.75) is 12.8 Å². The molecule has 3 heterocycles. The van der Waals surface area contributed by atoms with Gasteiger partial charge in [-0.1, -0.05) is 6.07 Å². The third kappa shape index (κ3) is 3.40. The van der Waals surface area contributed by atoms with Gasteiger partial charge in [-0.05, 0) is 25.0 Å². The van der Waals surface area contributed by atoms with E-state index in [0.29, 0.717) is 19.6 Å². The minimum Gasteiger partial charge on any atom is -0.356 e. The van der Waals surface area contributed by atoms with Crippen LogP contribution in [0.25, 0.3) is 0 Å². The molecule has 0 unspecified atom stereocenters. The number of anilines is 1. The standard InChI is InChI=1S/C15H21N3O3S/c19-15(17-8-10-22(20,21)11-9-17)13-4-3-7-18(12-13)14-5-1-2-6-16-14/h1-2,5-6,13H,3-4,7-12H2/t13-/m0/s1. The third-order valence-electron chi connectivity index (χ3n) is 4.40. The second kappa shape index (κ2) is 6.24. The Kier molecular flexibility index (Phi) is 4.33. The lowest BCUT2D eigenvalue weighted by atomic mass is 9.96. The van der Waals surface area contributed by atoms with Gasteiger partial charge in [0.1, 0.15) is 5.82 Å². The average molecular weight is 323 g/mol. The minimum absolute atomic E-state index is 0.0587. The van der Waals surface area contributed by atoms with Crippen molar-refractivity contribution in [3.63, 3.8) is 0 Å². The van der Waals surface area contributed by atoms with Crippen LogP contribution in [0.4, 0.5) is 5.82 Å². The van der Waals surface area contributed by atoms with Gasteiger partial charge >= 0.3 is 0 Å². The van der Waals surface area contributed by atoms with E-state index in [1.165, 1.54) is 0 Å². The number of amides is 1. The number of piperidine rings is 1. The average Bonchev–Trinajstić information content (AvgIpc) is 2.55. The molecule has 2 aliphatic heterocycles. The van der Waals surface area contributed by atoms with Crippen molar-refractivity contribution in [3.8, 4) is 0 Å². The Morgan fingerprint density at radius 3 is 2.64 bits per heavy atom. The summed E-state index contributed by atoms with van der Waals surface area (Å²) >= 11 is 0. The molecule has 1 aromatic rings. The van der Waals surface area contributed by atoms with E-state index in [1.807, 2.05) is 18.2 Å². The van der Waals surface area contributed by atoms with Crippen molar-refractivity contribution < 1.29 is 13.2 Å². The van der Waals surface area contributed by atoms with Crippen molar-refractivity contribution in [2.24, 2.45) is 5.92 Å². The maximum atomic E-state index is 12.6. The van der Waals surface area contributed by atoms with Crippen LogP contribution in [0.2, 0.25) is 0 Å². The summed E-state index contributed by atoms with van der Waals surface area (Å²) in [5.41, 5.74) is 0. The molecule has 1 atom stereocenters. The highest BCUT2D eigenvalue weighted by molar-refractivity contribution is 7.91. The highest BCUT2D eigenvalue weighted by Crippen LogP contribution is 2.23. The molecule has 120 valence electrons. The Labute approximate surface area is 131 Å². The minimum atomic E-state index is -2.95. The molecule has 3 rings (SSSR count). The molecule has 7 heteroatoms. The predicted molar refractivity (Wildman–Crippen MR) is 84.4 cm³/mol. The number of rotatable bonds is 2. The van der Waals surface area contributed by atoms with E-state index in [4.69, 9.17) is 0 Å². The number of pyridine rings is 1. The molecule has 2 aliphatic rings. The van der Waals surface area contributed by atoms with Crippen LogP contribution in [0, 0.1) is 5.92 Å². The summed E-state index contributed by atoms with van der Waals surface area (Å²) in [7, 11) is -2.95. The number of aromatic nitrogens is 1. The van der Waals surface area contributed by atoms with Gasteiger partial charge in [-0.2, -0.15) is 0 Å². The first-order valence-electron chi connectivity index (χ1n) is 7.70.